The lowest BCUT2D eigenvalue weighted by molar-refractivity contribution is -0.147. The van der Waals surface area contributed by atoms with Gasteiger partial charge < -0.3 is 9.84 Å². The molecule has 4 bridgehead atoms. The summed E-state index contributed by atoms with van der Waals surface area (Å²) in [5.41, 5.74) is -0.244. The zero-order valence-electron chi connectivity index (χ0n) is 12.9. The maximum atomic E-state index is 13.5. The predicted octanol–water partition coefficient (Wildman–Crippen LogP) is 2.31. The third-order valence-electron chi connectivity index (χ3n) is 5.86. The largest absolute Gasteiger partial charge is 0.396 e. The molecule has 0 aromatic heterocycles. The third-order valence-corrected chi connectivity index (χ3v) is 7.02. The molecule has 0 amide bonds. The van der Waals surface area contributed by atoms with Crippen LogP contribution in [-0.2, 0) is 19.0 Å². The molecule has 0 aromatic rings. The Balaban J connectivity index is 1.57. The Morgan fingerprint density at radius 1 is 1.17 bits per heavy atom. The van der Waals surface area contributed by atoms with E-state index >= 15 is 0 Å². The summed E-state index contributed by atoms with van der Waals surface area (Å²) < 4.78 is 57.4. The Kier molecular flexibility index (Phi) is 4.40. The first-order valence-corrected chi connectivity index (χ1v) is 9.40. The fraction of sp³-hybridized carbons (Fsp3) is 0.933. The summed E-state index contributed by atoms with van der Waals surface area (Å²) in [6, 6.07) is 0. The highest BCUT2D eigenvalue weighted by Crippen LogP contribution is 2.61. The Labute approximate surface area is 135 Å². The molecular formula is C15H23F2O5S+. The molecule has 1 unspecified atom stereocenters. The van der Waals surface area contributed by atoms with E-state index < -0.39 is 28.1 Å². The van der Waals surface area contributed by atoms with Crippen molar-refractivity contribution < 1.29 is 31.2 Å². The van der Waals surface area contributed by atoms with Crippen LogP contribution in [0.4, 0.5) is 8.78 Å². The molecule has 4 fully saturated rings. The van der Waals surface area contributed by atoms with E-state index in [-0.39, 0.29) is 12.0 Å². The second kappa shape index (κ2) is 5.82. The zero-order chi connectivity index (χ0) is 16.9. The third kappa shape index (κ3) is 3.10. The van der Waals surface area contributed by atoms with E-state index in [1.54, 1.807) is 0 Å². The second-order valence-electron chi connectivity index (χ2n) is 7.52. The molecule has 0 aliphatic heterocycles. The van der Waals surface area contributed by atoms with Crippen molar-refractivity contribution in [3.8, 4) is 0 Å². The molecule has 8 heteroatoms. The first kappa shape index (κ1) is 17.4. The summed E-state index contributed by atoms with van der Waals surface area (Å²) in [5, 5.41) is 6.34. The normalized spacial score (nSPS) is 38.0. The van der Waals surface area contributed by atoms with E-state index in [1.165, 1.54) is 19.3 Å². The molecule has 0 radical (unpaired) electrons. The van der Waals surface area contributed by atoms with Gasteiger partial charge in [0, 0.05) is 0 Å². The van der Waals surface area contributed by atoms with Crippen LogP contribution < -0.4 is 0 Å². The van der Waals surface area contributed by atoms with Crippen LogP contribution in [-0.4, -0.2) is 38.1 Å². The van der Waals surface area contributed by atoms with Crippen molar-refractivity contribution in [2.24, 2.45) is 23.2 Å². The van der Waals surface area contributed by atoms with Gasteiger partial charge in [0.2, 0.25) is 7.11 Å². The molecular weight excluding hydrogens is 330 g/mol. The van der Waals surface area contributed by atoms with Crippen LogP contribution in [0, 0.1) is 30.3 Å². The van der Waals surface area contributed by atoms with E-state index in [0.717, 1.165) is 19.3 Å². The van der Waals surface area contributed by atoms with Crippen LogP contribution >= 0.6 is 0 Å². The lowest BCUT2D eigenvalue weighted by Gasteiger charge is -2.58. The number of rotatable bonds is 7. The van der Waals surface area contributed by atoms with Gasteiger partial charge in [-0.2, -0.15) is 17.2 Å². The zero-order valence-corrected chi connectivity index (χ0v) is 13.7. The van der Waals surface area contributed by atoms with Gasteiger partial charge in [0.05, 0.1) is 12.7 Å². The molecule has 4 aliphatic rings. The van der Waals surface area contributed by atoms with Crippen molar-refractivity contribution in [1.82, 2.24) is 0 Å². The van der Waals surface area contributed by atoms with Crippen molar-refractivity contribution in [2.75, 3.05) is 13.2 Å². The quantitative estimate of drug-likeness (QED) is 0.562. The Hall–Kier alpha value is -0.440. The first-order valence-electron chi connectivity index (χ1n) is 7.99. The average molecular weight is 353 g/mol. The number of halogens is 2. The number of aliphatic hydroxyl groups is 1. The van der Waals surface area contributed by atoms with Gasteiger partial charge in [-0.25, -0.2) is 0 Å². The molecule has 1 atom stereocenters. The lowest BCUT2D eigenvalue weighted by atomic mass is 9.48. The summed E-state index contributed by atoms with van der Waals surface area (Å²) in [5.74, 6) is 1.87. The maximum Gasteiger partial charge on any atom is 0.396 e. The maximum absolute atomic E-state index is 13.5. The molecule has 1 N–H and O–H groups in total. The fourth-order valence-electron chi connectivity index (χ4n) is 5.21. The monoisotopic (exact) mass is 353 g/mol. The molecule has 4 rings (SSSR count). The highest BCUT2D eigenvalue weighted by molar-refractivity contribution is 7.87. The van der Waals surface area contributed by atoms with Crippen molar-refractivity contribution >= 4 is 10.1 Å². The van der Waals surface area contributed by atoms with Gasteiger partial charge in [0.1, 0.15) is 6.61 Å². The summed E-state index contributed by atoms with van der Waals surface area (Å²) >= 11 is 0. The Morgan fingerprint density at radius 2 is 1.65 bits per heavy atom. The van der Waals surface area contributed by atoms with E-state index in [2.05, 4.69) is 11.3 Å². The molecule has 0 saturated heterocycles. The minimum absolute atomic E-state index is 0.244. The van der Waals surface area contributed by atoms with E-state index in [1.807, 2.05) is 0 Å². The SMILES string of the molecule is [CH2+]OS(=O)(=O)C(F)(F)COCC(O)C12CC3CC(CC(C3)C1)C2. The van der Waals surface area contributed by atoms with Gasteiger partial charge in [-0.15, -0.1) is 0 Å². The summed E-state index contributed by atoms with van der Waals surface area (Å²) in [6.07, 6.45) is 5.55. The first-order chi connectivity index (χ1) is 10.7. The van der Waals surface area contributed by atoms with Gasteiger partial charge in [0.25, 0.3) is 0 Å². The topological polar surface area (TPSA) is 72.8 Å². The minimum atomic E-state index is -5.09. The number of aliphatic hydroxyl groups excluding tert-OH is 1. The van der Waals surface area contributed by atoms with Crippen molar-refractivity contribution in [3.63, 3.8) is 0 Å². The van der Waals surface area contributed by atoms with Gasteiger partial charge >= 0.3 is 15.4 Å². The second-order valence-corrected chi connectivity index (χ2v) is 9.26. The molecule has 5 nitrogen and oxygen atoms in total. The minimum Gasteiger partial charge on any atom is -0.390 e. The summed E-state index contributed by atoms with van der Waals surface area (Å²) in [7, 11) is -2.57. The summed E-state index contributed by atoms with van der Waals surface area (Å²) in [4.78, 5) is 0. The number of alkyl halides is 2. The molecule has 4 saturated carbocycles. The fourth-order valence-corrected chi connectivity index (χ4v) is 5.61. The predicted molar refractivity (Wildman–Crippen MR) is 77.7 cm³/mol. The van der Waals surface area contributed by atoms with Crippen LogP contribution in [0.3, 0.4) is 0 Å². The van der Waals surface area contributed by atoms with Gasteiger partial charge in [-0.1, -0.05) is 4.18 Å². The van der Waals surface area contributed by atoms with Gasteiger partial charge in [0.15, 0.2) is 0 Å². The van der Waals surface area contributed by atoms with E-state index in [9.17, 15) is 22.3 Å². The van der Waals surface area contributed by atoms with E-state index in [4.69, 9.17) is 4.74 Å². The molecule has 0 heterocycles. The lowest BCUT2D eigenvalue weighted by Crippen LogP contribution is -2.53. The van der Waals surface area contributed by atoms with Crippen molar-refractivity contribution in [1.29, 1.82) is 0 Å². The Bertz CT molecular complexity index is 513. The number of ether oxygens (including phenoxy) is 1. The molecule has 132 valence electrons. The van der Waals surface area contributed by atoms with Crippen LogP contribution in [0.15, 0.2) is 0 Å². The number of hydrogen-bond donors (Lipinski definition) is 1. The van der Waals surface area contributed by atoms with Gasteiger partial charge in [-0.3, -0.25) is 0 Å². The van der Waals surface area contributed by atoms with Crippen LogP contribution in [0.5, 0.6) is 0 Å². The molecule has 0 spiro atoms. The highest BCUT2D eigenvalue weighted by atomic mass is 32.2. The van der Waals surface area contributed by atoms with Gasteiger partial charge in [-0.05, 0) is 61.7 Å². The number of hydrogen-bond acceptors (Lipinski definition) is 5. The van der Waals surface area contributed by atoms with Crippen LogP contribution in [0.1, 0.15) is 38.5 Å². The Morgan fingerprint density at radius 3 is 2.09 bits per heavy atom. The smallest absolute Gasteiger partial charge is 0.390 e. The standard InChI is InChI=1S/C15H23F2O5S/c1-21-23(19,20)15(16,17)9-22-8-13(18)14-5-10-2-11(6-14)4-12(3-10)7-14/h10-13,18H,1-9H2/q+1. The van der Waals surface area contributed by atoms with E-state index in [0.29, 0.717) is 17.8 Å². The average Bonchev–Trinajstić information content (AvgIpc) is 2.45. The molecule has 0 aromatic carbocycles. The van der Waals surface area contributed by atoms with Crippen LogP contribution in [0.25, 0.3) is 0 Å². The molecule has 4 aliphatic carbocycles. The molecule has 23 heavy (non-hydrogen) atoms. The van der Waals surface area contributed by atoms with Crippen molar-refractivity contribution in [3.05, 3.63) is 7.11 Å². The van der Waals surface area contributed by atoms with Crippen LogP contribution in [0.2, 0.25) is 0 Å². The highest BCUT2D eigenvalue weighted by Gasteiger charge is 2.54. The van der Waals surface area contributed by atoms with Crippen molar-refractivity contribution in [2.45, 2.75) is 49.9 Å². The summed E-state index contributed by atoms with van der Waals surface area (Å²) in [6.45, 7) is -1.62.